The van der Waals surface area contributed by atoms with Crippen LogP contribution in [0.15, 0.2) is 48.5 Å². The van der Waals surface area contributed by atoms with Crippen molar-refractivity contribution >= 4 is 139 Å². The van der Waals surface area contributed by atoms with Crippen LogP contribution < -0.4 is 18.9 Å². The Labute approximate surface area is 293 Å². The third-order valence-corrected chi connectivity index (χ3v) is 8.91. The lowest BCUT2D eigenvalue weighted by Crippen LogP contribution is -2.54. The highest BCUT2D eigenvalue weighted by atomic mass is 35.5. The Hall–Kier alpha value is -0.440. The second-order valence-electron chi connectivity index (χ2n) is 7.70. The first-order valence-electron chi connectivity index (χ1n) is 10.5. The molecule has 216 valence electrons. The van der Waals surface area contributed by atoms with Crippen molar-refractivity contribution in [2.75, 3.05) is 0 Å². The monoisotopic (exact) mass is 792 g/mol. The smallest absolute Gasteiger partial charge is 0.384 e. The number of ether oxygens (including phenoxy) is 4. The molecule has 0 aliphatic carbocycles. The van der Waals surface area contributed by atoms with Gasteiger partial charge in [-0.15, -0.1) is 0 Å². The van der Waals surface area contributed by atoms with Crippen LogP contribution >= 0.6 is 139 Å². The Balaban J connectivity index is 1.98. The van der Waals surface area contributed by atoms with Crippen LogP contribution in [0.4, 0.5) is 0 Å². The van der Waals surface area contributed by atoms with E-state index in [0.717, 1.165) is 0 Å². The molecular formula is C25H8Cl12O4. The molecule has 0 saturated heterocycles. The molecule has 0 aliphatic rings. The van der Waals surface area contributed by atoms with Gasteiger partial charge in [0.25, 0.3) is 0 Å². The standard InChI is InChI=1S/C25H8Cl12O4/c26-9-1-17(34)21(5-13(9)30)38-25(39-22-6-14(31)10(27)2-18(22)35,40-23-7-15(32)11(28)3-19(23)36)41-24-8-16(33)12(29)4-20(24)37/h1-8H. The zero-order valence-corrected chi connectivity index (χ0v) is 28.4. The molecule has 16 heteroatoms. The van der Waals surface area contributed by atoms with Gasteiger partial charge in [-0.3, -0.25) is 0 Å². The van der Waals surface area contributed by atoms with Crippen molar-refractivity contribution in [3.8, 4) is 23.0 Å². The Morgan fingerprint density at radius 3 is 0.634 bits per heavy atom. The number of hydrogen-bond acceptors (Lipinski definition) is 4. The highest BCUT2D eigenvalue weighted by molar-refractivity contribution is 6.45. The van der Waals surface area contributed by atoms with Crippen LogP contribution in [-0.4, -0.2) is 6.16 Å². The van der Waals surface area contributed by atoms with E-state index < -0.39 is 6.16 Å². The van der Waals surface area contributed by atoms with Gasteiger partial charge in [-0.2, -0.15) is 0 Å². The SMILES string of the molecule is Clc1cc(Cl)c(OC(Oc2cc(Cl)c(Cl)cc2Cl)(Oc2cc(Cl)c(Cl)cc2Cl)Oc2cc(Cl)c(Cl)cc2Cl)cc1Cl. The third kappa shape index (κ3) is 7.99. The van der Waals surface area contributed by atoms with E-state index in [0.29, 0.717) is 0 Å². The molecule has 0 saturated carbocycles. The van der Waals surface area contributed by atoms with E-state index in [1.165, 1.54) is 48.5 Å². The van der Waals surface area contributed by atoms with Crippen molar-refractivity contribution in [1.82, 2.24) is 0 Å². The van der Waals surface area contributed by atoms with Crippen molar-refractivity contribution in [3.63, 3.8) is 0 Å². The van der Waals surface area contributed by atoms with Crippen LogP contribution in [0.3, 0.4) is 0 Å². The van der Waals surface area contributed by atoms with E-state index in [1.54, 1.807) is 0 Å². The summed E-state index contributed by atoms with van der Waals surface area (Å²) in [7, 11) is 0. The van der Waals surface area contributed by atoms with Crippen LogP contribution in [0.2, 0.25) is 60.3 Å². The highest BCUT2D eigenvalue weighted by Crippen LogP contribution is 2.44. The second kappa shape index (κ2) is 13.7. The molecule has 0 unspecified atom stereocenters. The molecule has 0 aliphatic heterocycles. The maximum absolute atomic E-state index is 6.42. The van der Waals surface area contributed by atoms with E-state index >= 15 is 0 Å². The fraction of sp³-hybridized carbons (Fsp3) is 0.0400. The second-order valence-corrected chi connectivity index (χ2v) is 12.6. The van der Waals surface area contributed by atoms with Crippen LogP contribution in [0, 0.1) is 0 Å². The molecule has 0 atom stereocenters. The zero-order chi connectivity index (χ0) is 30.2. The summed E-state index contributed by atoms with van der Waals surface area (Å²) in [6.45, 7) is 0. The molecule has 41 heavy (non-hydrogen) atoms. The van der Waals surface area contributed by atoms with Crippen molar-refractivity contribution in [1.29, 1.82) is 0 Å². The zero-order valence-electron chi connectivity index (χ0n) is 19.3. The van der Waals surface area contributed by atoms with Crippen LogP contribution in [0.1, 0.15) is 0 Å². The number of hydrogen-bond donors (Lipinski definition) is 0. The summed E-state index contributed by atoms with van der Waals surface area (Å²) >= 11 is 75.0. The molecule has 4 nitrogen and oxygen atoms in total. The van der Waals surface area contributed by atoms with E-state index in [1.807, 2.05) is 0 Å². The maximum atomic E-state index is 6.42. The van der Waals surface area contributed by atoms with Crippen LogP contribution in [0.5, 0.6) is 23.0 Å². The Bertz CT molecular complexity index is 1400. The van der Waals surface area contributed by atoms with Crippen molar-refractivity contribution in [3.05, 3.63) is 109 Å². The lowest BCUT2D eigenvalue weighted by atomic mass is 10.3. The summed E-state index contributed by atoms with van der Waals surface area (Å²) in [4.78, 5) is 0. The van der Waals surface area contributed by atoms with Gasteiger partial charge in [0.15, 0.2) is 23.0 Å². The molecule has 0 radical (unpaired) electrons. The van der Waals surface area contributed by atoms with Gasteiger partial charge >= 0.3 is 6.16 Å². The predicted molar refractivity (Wildman–Crippen MR) is 171 cm³/mol. The minimum absolute atomic E-state index is 0.0275. The average molecular weight is 798 g/mol. The van der Waals surface area contributed by atoms with Gasteiger partial charge in [-0.25, -0.2) is 0 Å². The molecular weight excluding hydrogens is 790 g/mol. The fourth-order valence-corrected chi connectivity index (χ4v) is 5.30. The average Bonchev–Trinajstić information content (AvgIpc) is 2.87. The van der Waals surface area contributed by atoms with E-state index in [4.69, 9.17) is 158 Å². The lowest BCUT2D eigenvalue weighted by molar-refractivity contribution is -0.367. The molecule has 0 bridgehead atoms. The molecule has 0 spiro atoms. The van der Waals surface area contributed by atoms with Gasteiger partial charge in [0.2, 0.25) is 0 Å². The summed E-state index contributed by atoms with van der Waals surface area (Å²) in [5.41, 5.74) is 0. The Morgan fingerprint density at radius 2 is 0.439 bits per heavy atom. The lowest BCUT2D eigenvalue weighted by Gasteiger charge is -2.33. The molecule has 0 amide bonds. The minimum atomic E-state index is -2.72. The number of rotatable bonds is 8. The summed E-state index contributed by atoms with van der Waals surface area (Å²) in [6, 6.07) is 10.4. The van der Waals surface area contributed by atoms with Gasteiger partial charge < -0.3 is 18.9 Å². The number of halogens is 12. The summed E-state index contributed by atoms with van der Waals surface area (Å²) in [5.74, 6) is -0.538. The van der Waals surface area contributed by atoms with E-state index in [-0.39, 0.29) is 83.3 Å². The Morgan fingerprint density at radius 1 is 0.268 bits per heavy atom. The molecule has 4 aromatic rings. The number of benzene rings is 4. The van der Waals surface area contributed by atoms with Gasteiger partial charge in [0.05, 0.1) is 60.3 Å². The molecule has 0 aromatic heterocycles. The summed E-state index contributed by atoms with van der Waals surface area (Å²) in [6.07, 6.45) is -2.72. The maximum Gasteiger partial charge on any atom is 0.611 e. The topological polar surface area (TPSA) is 36.9 Å². The quantitative estimate of drug-likeness (QED) is 0.131. The van der Waals surface area contributed by atoms with Gasteiger partial charge in [-0.05, 0) is 24.3 Å². The normalized spacial score (nSPS) is 11.4. The highest BCUT2D eigenvalue weighted by Gasteiger charge is 2.46. The van der Waals surface area contributed by atoms with Crippen molar-refractivity contribution in [2.24, 2.45) is 0 Å². The van der Waals surface area contributed by atoms with Crippen LogP contribution in [-0.2, 0) is 0 Å². The first-order chi connectivity index (χ1) is 19.2. The first kappa shape index (κ1) is 33.5. The summed E-state index contributed by atoms with van der Waals surface area (Å²) < 4.78 is 24.4. The van der Waals surface area contributed by atoms with Crippen molar-refractivity contribution < 1.29 is 18.9 Å². The molecule has 0 heterocycles. The Kier molecular flexibility index (Phi) is 11.2. The van der Waals surface area contributed by atoms with E-state index in [9.17, 15) is 0 Å². The first-order valence-corrected chi connectivity index (χ1v) is 15.1. The fourth-order valence-electron chi connectivity index (χ4n) is 2.99. The van der Waals surface area contributed by atoms with Crippen molar-refractivity contribution in [2.45, 2.75) is 6.16 Å². The summed E-state index contributed by atoms with van der Waals surface area (Å²) in [5, 5.41) is 0.659. The molecule has 4 aromatic carbocycles. The molecule has 0 fully saturated rings. The van der Waals surface area contributed by atoms with Crippen LogP contribution in [0.25, 0.3) is 0 Å². The van der Waals surface area contributed by atoms with Gasteiger partial charge in [-0.1, -0.05) is 139 Å². The minimum Gasteiger partial charge on any atom is -0.384 e. The van der Waals surface area contributed by atoms with Gasteiger partial charge in [0, 0.05) is 24.3 Å². The van der Waals surface area contributed by atoms with E-state index in [2.05, 4.69) is 0 Å². The predicted octanol–water partition coefficient (Wildman–Crippen LogP) is 13.8. The molecule has 0 N–H and O–H groups in total. The largest absolute Gasteiger partial charge is 0.611 e. The van der Waals surface area contributed by atoms with Gasteiger partial charge in [0.1, 0.15) is 0 Å². The molecule has 4 rings (SSSR count). The third-order valence-electron chi connectivity index (χ3n) is 4.84.